The molecule has 1 aromatic carbocycles. The molecular weight excluding hydrogens is 420 g/mol. The maximum atomic E-state index is 12.4. The molecule has 2 bridgehead atoms. The average molecular weight is 455 g/mol. The summed E-state index contributed by atoms with van der Waals surface area (Å²) in [7, 11) is 1.66. The van der Waals surface area contributed by atoms with E-state index >= 15 is 0 Å². The third-order valence-electron chi connectivity index (χ3n) is 7.02. The number of amides is 1. The molecule has 1 amide bonds. The van der Waals surface area contributed by atoms with Gasteiger partial charge in [-0.1, -0.05) is 24.3 Å². The fourth-order valence-electron chi connectivity index (χ4n) is 5.13. The van der Waals surface area contributed by atoms with Crippen molar-refractivity contribution < 1.29 is 19.4 Å². The van der Waals surface area contributed by atoms with Crippen LogP contribution in [0.1, 0.15) is 38.7 Å². The summed E-state index contributed by atoms with van der Waals surface area (Å²) < 4.78 is 10.6. The quantitative estimate of drug-likeness (QED) is 0.576. The van der Waals surface area contributed by atoms with Crippen molar-refractivity contribution in [2.24, 2.45) is 5.92 Å². The zero-order chi connectivity index (χ0) is 23.4. The second kappa shape index (κ2) is 10.1. The van der Waals surface area contributed by atoms with Crippen LogP contribution < -0.4 is 4.74 Å². The van der Waals surface area contributed by atoms with Gasteiger partial charge in [0.1, 0.15) is 0 Å². The zero-order valence-corrected chi connectivity index (χ0v) is 19.7. The molecule has 3 fully saturated rings. The molecule has 1 aromatic heterocycles. The van der Waals surface area contributed by atoms with E-state index in [2.05, 4.69) is 14.9 Å². The van der Waals surface area contributed by atoms with Crippen LogP contribution in [0.4, 0.5) is 4.79 Å². The standard InChI is InChI=1S/C25H34N4O4/c1-25(2,29(24(30)31)22-17-28-11-9-19(22)10-12-28)20-7-5-18(6-8-20)21-15-27-23(16-26-21)33-14-4-13-32-3/h5-8,15-16,19,22H,4,9-14,17H2,1-3H3,(H,30,31). The molecule has 1 N–H and O–H groups in total. The Hall–Kier alpha value is -2.71. The zero-order valence-electron chi connectivity index (χ0n) is 19.7. The lowest BCUT2D eigenvalue weighted by Gasteiger charge is -2.52. The van der Waals surface area contributed by atoms with Crippen LogP contribution in [-0.4, -0.2) is 77.0 Å². The van der Waals surface area contributed by atoms with E-state index in [0.717, 1.165) is 55.7 Å². The Balaban J connectivity index is 1.47. The van der Waals surface area contributed by atoms with Crippen LogP contribution in [0.15, 0.2) is 36.7 Å². The molecule has 3 saturated heterocycles. The molecule has 0 spiro atoms. The minimum absolute atomic E-state index is 0.0296. The average Bonchev–Trinajstić information content (AvgIpc) is 2.83. The van der Waals surface area contributed by atoms with E-state index in [0.29, 0.717) is 25.0 Å². The highest BCUT2D eigenvalue weighted by atomic mass is 16.5. The maximum absolute atomic E-state index is 12.4. The number of carboxylic acid groups (broad SMARTS) is 1. The number of benzene rings is 1. The SMILES string of the molecule is COCCCOc1cnc(-c2ccc(C(C)(C)N(C(=O)O)C3CN4CCC3CC4)cc2)cn1. The lowest BCUT2D eigenvalue weighted by atomic mass is 9.80. The smallest absolute Gasteiger partial charge is 0.408 e. The third-order valence-corrected chi connectivity index (χ3v) is 7.02. The van der Waals surface area contributed by atoms with Crippen molar-refractivity contribution in [2.75, 3.05) is 40.0 Å². The van der Waals surface area contributed by atoms with E-state index in [1.165, 1.54) is 0 Å². The summed E-state index contributed by atoms with van der Waals surface area (Å²) in [6.45, 7) is 8.18. The number of hydrogen-bond donors (Lipinski definition) is 1. The van der Waals surface area contributed by atoms with Gasteiger partial charge >= 0.3 is 6.09 Å². The first kappa shape index (κ1) is 23.4. The summed E-state index contributed by atoms with van der Waals surface area (Å²) >= 11 is 0. The van der Waals surface area contributed by atoms with E-state index in [9.17, 15) is 9.90 Å². The molecular formula is C25H34N4O4. The van der Waals surface area contributed by atoms with Gasteiger partial charge in [0.15, 0.2) is 0 Å². The molecule has 2 aromatic rings. The lowest BCUT2D eigenvalue weighted by molar-refractivity contribution is -0.0289. The monoisotopic (exact) mass is 454 g/mol. The molecule has 33 heavy (non-hydrogen) atoms. The minimum atomic E-state index is -0.852. The summed E-state index contributed by atoms with van der Waals surface area (Å²) in [5.41, 5.74) is 2.00. The minimum Gasteiger partial charge on any atom is -0.476 e. The van der Waals surface area contributed by atoms with E-state index < -0.39 is 11.6 Å². The molecule has 3 aliphatic heterocycles. The highest BCUT2D eigenvalue weighted by Gasteiger charge is 2.45. The van der Waals surface area contributed by atoms with Gasteiger partial charge in [-0.05, 0) is 51.3 Å². The van der Waals surface area contributed by atoms with E-state index in [1.807, 2.05) is 38.1 Å². The van der Waals surface area contributed by atoms with Gasteiger partial charge in [-0.25, -0.2) is 14.8 Å². The molecule has 5 rings (SSSR count). The van der Waals surface area contributed by atoms with E-state index in [4.69, 9.17) is 9.47 Å². The second-order valence-electron chi connectivity index (χ2n) is 9.43. The molecule has 1 unspecified atom stereocenters. The lowest BCUT2D eigenvalue weighted by Crippen LogP contribution is -2.62. The summed E-state index contributed by atoms with van der Waals surface area (Å²) in [5.74, 6) is 0.928. The summed E-state index contributed by atoms with van der Waals surface area (Å²) in [5, 5.41) is 10.2. The molecule has 1 atom stereocenters. The summed E-state index contributed by atoms with van der Waals surface area (Å²) in [4.78, 5) is 25.3. The highest BCUT2D eigenvalue weighted by molar-refractivity contribution is 5.67. The van der Waals surface area contributed by atoms with Gasteiger partial charge in [-0.2, -0.15) is 0 Å². The molecule has 0 radical (unpaired) electrons. The number of hydrogen-bond acceptors (Lipinski definition) is 6. The van der Waals surface area contributed by atoms with Crippen LogP contribution in [0.2, 0.25) is 0 Å². The van der Waals surface area contributed by atoms with Crippen molar-refractivity contribution in [3.63, 3.8) is 0 Å². The van der Waals surface area contributed by atoms with Gasteiger partial charge in [-0.15, -0.1) is 0 Å². The molecule has 4 heterocycles. The number of fused-ring (bicyclic) bond motifs is 3. The van der Waals surface area contributed by atoms with Crippen molar-refractivity contribution in [1.29, 1.82) is 0 Å². The fraction of sp³-hybridized carbons (Fsp3) is 0.560. The van der Waals surface area contributed by atoms with E-state index in [-0.39, 0.29) is 6.04 Å². The number of aromatic nitrogens is 2. The normalized spacial score (nSPS) is 22.2. The van der Waals surface area contributed by atoms with Gasteiger partial charge in [0.2, 0.25) is 5.88 Å². The first-order valence-electron chi connectivity index (χ1n) is 11.7. The van der Waals surface area contributed by atoms with Crippen molar-refractivity contribution in [3.8, 4) is 17.1 Å². The molecule has 0 saturated carbocycles. The van der Waals surface area contributed by atoms with Gasteiger partial charge in [-0.3, -0.25) is 4.90 Å². The number of nitrogens with zero attached hydrogens (tertiary/aromatic N) is 4. The van der Waals surface area contributed by atoms with Crippen LogP contribution in [-0.2, 0) is 10.3 Å². The maximum Gasteiger partial charge on any atom is 0.408 e. The Kier molecular flexibility index (Phi) is 7.14. The Morgan fingerprint density at radius 2 is 1.88 bits per heavy atom. The van der Waals surface area contributed by atoms with Gasteiger partial charge < -0.3 is 19.5 Å². The largest absolute Gasteiger partial charge is 0.476 e. The number of carbonyl (C=O) groups is 1. The van der Waals surface area contributed by atoms with Gasteiger partial charge in [0.25, 0.3) is 0 Å². The van der Waals surface area contributed by atoms with Gasteiger partial charge in [0, 0.05) is 32.2 Å². The molecule has 0 aliphatic carbocycles. The van der Waals surface area contributed by atoms with Gasteiger partial charge in [0.05, 0.1) is 36.3 Å². The van der Waals surface area contributed by atoms with Crippen molar-refractivity contribution in [2.45, 2.75) is 44.7 Å². The number of piperidine rings is 3. The Morgan fingerprint density at radius 1 is 1.15 bits per heavy atom. The van der Waals surface area contributed by atoms with Crippen LogP contribution in [0.5, 0.6) is 5.88 Å². The fourth-order valence-corrected chi connectivity index (χ4v) is 5.13. The predicted molar refractivity (Wildman–Crippen MR) is 125 cm³/mol. The first-order chi connectivity index (χ1) is 15.9. The third kappa shape index (κ3) is 5.12. The number of rotatable bonds is 9. The Bertz CT molecular complexity index is 924. The number of methoxy groups -OCH3 is 1. The Labute approximate surface area is 195 Å². The molecule has 178 valence electrons. The van der Waals surface area contributed by atoms with Crippen molar-refractivity contribution in [3.05, 3.63) is 42.2 Å². The topological polar surface area (TPSA) is 88.0 Å². The highest BCUT2D eigenvalue weighted by Crippen LogP contribution is 2.38. The van der Waals surface area contributed by atoms with Crippen molar-refractivity contribution >= 4 is 6.09 Å². The molecule has 8 heteroatoms. The first-order valence-corrected chi connectivity index (χ1v) is 11.7. The van der Waals surface area contributed by atoms with Crippen LogP contribution >= 0.6 is 0 Å². The number of ether oxygens (including phenoxy) is 2. The summed E-state index contributed by atoms with van der Waals surface area (Å²) in [6.07, 6.45) is 5.42. The molecule has 8 nitrogen and oxygen atoms in total. The van der Waals surface area contributed by atoms with E-state index in [1.54, 1.807) is 24.4 Å². The predicted octanol–water partition coefficient (Wildman–Crippen LogP) is 3.87. The van der Waals surface area contributed by atoms with Crippen LogP contribution in [0, 0.1) is 5.92 Å². The van der Waals surface area contributed by atoms with Crippen molar-refractivity contribution in [1.82, 2.24) is 19.8 Å². The van der Waals surface area contributed by atoms with Crippen LogP contribution in [0.25, 0.3) is 11.3 Å². The van der Waals surface area contributed by atoms with Crippen LogP contribution in [0.3, 0.4) is 0 Å². The second-order valence-corrected chi connectivity index (χ2v) is 9.43. The summed E-state index contributed by atoms with van der Waals surface area (Å²) in [6, 6.07) is 8.00. The molecule has 3 aliphatic rings. The Morgan fingerprint density at radius 3 is 2.42 bits per heavy atom.